The highest BCUT2D eigenvalue weighted by molar-refractivity contribution is 5.91. The molecular weight excluding hydrogens is 214 g/mol. The van der Waals surface area contributed by atoms with Crippen molar-refractivity contribution in [3.05, 3.63) is 42.1 Å². The highest BCUT2D eigenvalue weighted by Crippen LogP contribution is 2.24. The molecule has 0 bridgehead atoms. The summed E-state index contributed by atoms with van der Waals surface area (Å²) in [7, 11) is 1.68. The fourth-order valence-electron chi connectivity index (χ4n) is 1.78. The molecule has 0 unspecified atom stereocenters. The molecule has 0 aromatic heterocycles. The lowest BCUT2D eigenvalue weighted by Gasteiger charge is -2.28. The lowest BCUT2D eigenvalue weighted by Crippen LogP contribution is -2.27. The van der Waals surface area contributed by atoms with Crippen LogP contribution in [0.3, 0.4) is 0 Å². The van der Waals surface area contributed by atoms with Crippen molar-refractivity contribution in [1.29, 1.82) is 0 Å². The van der Waals surface area contributed by atoms with Gasteiger partial charge in [-0.1, -0.05) is 12.1 Å². The largest absolute Gasteiger partial charge is 0.497 e. The van der Waals surface area contributed by atoms with E-state index >= 15 is 0 Å². The Morgan fingerprint density at radius 1 is 1.47 bits per heavy atom. The summed E-state index contributed by atoms with van der Waals surface area (Å²) in [5.41, 5.74) is 6.80. The molecule has 0 saturated carbocycles. The Bertz CT molecular complexity index is 454. The van der Waals surface area contributed by atoms with Crippen molar-refractivity contribution in [2.45, 2.75) is 13.0 Å². The zero-order valence-electron chi connectivity index (χ0n) is 10.1. The Kier molecular flexibility index (Phi) is 3.32. The Hall–Kier alpha value is -1.97. The Morgan fingerprint density at radius 2 is 2.29 bits per heavy atom. The van der Waals surface area contributed by atoms with Crippen LogP contribution < -0.4 is 10.5 Å². The molecule has 1 aliphatic heterocycles. The first-order valence-electron chi connectivity index (χ1n) is 5.58. The minimum Gasteiger partial charge on any atom is -0.497 e. The predicted molar refractivity (Wildman–Crippen MR) is 68.9 cm³/mol. The predicted octanol–water partition coefficient (Wildman–Crippen LogP) is 1.90. The molecule has 1 heterocycles. The van der Waals surface area contributed by atoms with E-state index in [-0.39, 0.29) is 6.04 Å². The van der Waals surface area contributed by atoms with E-state index in [9.17, 15) is 0 Å². The Balaban J connectivity index is 2.14. The number of hydrogen-bond acceptors (Lipinski definition) is 4. The van der Waals surface area contributed by atoms with Gasteiger partial charge in [0, 0.05) is 6.20 Å². The molecule has 1 aromatic rings. The summed E-state index contributed by atoms with van der Waals surface area (Å²) < 4.78 is 5.23. The van der Waals surface area contributed by atoms with Crippen molar-refractivity contribution in [3.63, 3.8) is 0 Å². The van der Waals surface area contributed by atoms with Gasteiger partial charge in [-0.25, -0.2) is 4.99 Å². The molecule has 0 spiro atoms. The summed E-state index contributed by atoms with van der Waals surface area (Å²) in [4.78, 5) is 6.33. The van der Waals surface area contributed by atoms with Gasteiger partial charge in [0.25, 0.3) is 0 Å². The number of benzene rings is 1. The summed E-state index contributed by atoms with van der Waals surface area (Å²) in [6.07, 6.45) is 3.80. The molecular formula is C13H17N3O. The van der Waals surface area contributed by atoms with Crippen LogP contribution in [-0.2, 0) is 0 Å². The van der Waals surface area contributed by atoms with Crippen LogP contribution >= 0.6 is 0 Å². The van der Waals surface area contributed by atoms with Crippen LogP contribution in [0.1, 0.15) is 18.5 Å². The van der Waals surface area contributed by atoms with Gasteiger partial charge in [0.1, 0.15) is 18.3 Å². The fourth-order valence-corrected chi connectivity index (χ4v) is 1.78. The summed E-state index contributed by atoms with van der Waals surface area (Å²) in [6, 6.07) is 8.32. The van der Waals surface area contributed by atoms with Crippen molar-refractivity contribution in [2.24, 2.45) is 10.7 Å². The van der Waals surface area contributed by atoms with Crippen LogP contribution in [0.15, 0.2) is 41.5 Å². The van der Waals surface area contributed by atoms with Gasteiger partial charge in [0.15, 0.2) is 0 Å². The maximum absolute atomic E-state index is 5.60. The highest BCUT2D eigenvalue weighted by Gasteiger charge is 2.14. The average molecular weight is 231 g/mol. The molecule has 1 aromatic carbocycles. The maximum Gasteiger partial charge on any atom is 0.121 e. The van der Waals surface area contributed by atoms with E-state index in [0.717, 1.165) is 5.75 Å². The second kappa shape index (κ2) is 4.91. The number of nitrogens with zero attached hydrogens (tertiary/aromatic N) is 2. The van der Waals surface area contributed by atoms with E-state index in [0.29, 0.717) is 12.5 Å². The van der Waals surface area contributed by atoms with Gasteiger partial charge in [-0.3, -0.25) is 0 Å². The fraction of sp³-hybridized carbons (Fsp3) is 0.308. The first-order valence-corrected chi connectivity index (χ1v) is 5.58. The maximum atomic E-state index is 5.60. The lowest BCUT2D eigenvalue weighted by molar-refractivity contribution is 0.304. The normalized spacial score (nSPS) is 16.6. The minimum atomic E-state index is 0.248. The van der Waals surface area contributed by atoms with Gasteiger partial charge >= 0.3 is 0 Å². The molecule has 0 amide bonds. The third-order valence-electron chi connectivity index (χ3n) is 2.93. The molecule has 0 aliphatic carbocycles. The molecule has 0 saturated heterocycles. The molecule has 17 heavy (non-hydrogen) atoms. The number of nitrogens with two attached hydrogens (primary N) is 1. The quantitative estimate of drug-likeness (QED) is 0.864. The summed E-state index contributed by atoms with van der Waals surface area (Å²) in [6.45, 7) is 2.73. The van der Waals surface area contributed by atoms with Gasteiger partial charge < -0.3 is 15.4 Å². The molecule has 4 nitrogen and oxygen atoms in total. The van der Waals surface area contributed by atoms with Crippen LogP contribution in [0.2, 0.25) is 0 Å². The Labute approximate surface area is 101 Å². The number of methoxy groups -OCH3 is 1. The number of rotatable bonds is 3. The topological polar surface area (TPSA) is 50.9 Å². The first-order chi connectivity index (χ1) is 8.20. The molecule has 1 aliphatic rings. The smallest absolute Gasteiger partial charge is 0.121 e. The third kappa shape index (κ3) is 2.58. The highest BCUT2D eigenvalue weighted by atomic mass is 16.5. The van der Waals surface area contributed by atoms with E-state index < -0.39 is 0 Å². The molecule has 2 rings (SSSR count). The summed E-state index contributed by atoms with van der Waals surface area (Å²) in [5.74, 6) is 1.46. The van der Waals surface area contributed by atoms with Crippen LogP contribution in [0.25, 0.3) is 0 Å². The van der Waals surface area contributed by atoms with Crippen molar-refractivity contribution < 1.29 is 4.74 Å². The Morgan fingerprint density at radius 3 is 2.94 bits per heavy atom. The van der Waals surface area contributed by atoms with Crippen molar-refractivity contribution in [1.82, 2.24) is 4.90 Å². The van der Waals surface area contributed by atoms with Gasteiger partial charge in [-0.2, -0.15) is 0 Å². The number of aliphatic imine (C=N–C) groups is 1. The number of ether oxygens (including phenoxy) is 1. The molecule has 1 atom stereocenters. The van der Waals surface area contributed by atoms with E-state index in [1.807, 2.05) is 30.5 Å². The van der Waals surface area contributed by atoms with Crippen LogP contribution in [0.4, 0.5) is 0 Å². The van der Waals surface area contributed by atoms with E-state index in [2.05, 4.69) is 22.9 Å². The minimum absolute atomic E-state index is 0.248. The number of amidine groups is 1. The monoisotopic (exact) mass is 231 g/mol. The zero-order valence-corrected chi connectivity index (χ0v) is 10.1. The summed E-state index contributed by atoms with van der Waals surface area (Å²) >= 11 is 0. The first kappa shape index (κ1) is 11.5. The molecule has 0 fully saturated rings. The average Bonchev–Trinajstić information content (AvgIpc) is 2.39. The van der Waals surface area contributed by atoms with Crippen molar-refractivity contribution >= 4 is 5.84 Å². The standard InChI is InChI=1S/C13H17N3O/c1-10(16-7-6-13(14)15-9-16)11-4-3-5-12(8-11)17-2/h3-8,10H,9H2,1-2H3,(H2,14,15)/t10-/m0/s1. The summed E-state index contributed by atoms with van der Waals surface area (Å²) in [5, 5.41) is 0. The zero-order chi connectivity index (χ0) is 12.3. The lowest BCUT2D eigenvalue weighted by atomic mass is 10.1. The van der Waals surface area contributed by atoms with Gasteiger partial charge in [-0.15, -0.1) is 0 Å². The molecule has 4 heteroatoms. The van der Waals surface area contributed by atoms with Gasteiger partial charge in [0.05, 0.1) is 13.2 Å². The number of hydrogen-bond donors (Lipinski definition) is 1. The molecule has 90 valence electrons. The molecule has 2 N–H and O–H groups in total. The van der Waals surface area contributed by atoms with Gasteiger partial charge in [0.2, 0.25) is 0 Å². The van der Waals surface area contributed by atoms with Crippen molar-refractivity contribution in [2.75, 3.05) is 13.8 Å². The van der Waals surface area contributed by atoms with Crippen LogP contribution in [0.5, 0.6) is 5.75 Å². The second-order valence-electron chi connectivity index (χ2n) is 4.01. The SMILES string of the molecule is COc1cccc([C@H](C)N2C=CC(N)=NC2)c1. The van der Waals surface area contributed by atoms with Crippen LogP contribution in [-0.4, -0.2) is 24.5 Å². The van der Waals surface area contributed by atoms with Crippen molar-refractivity contribution in [3.8, 4) is 5.75 Å². The third-order valence-corrected chi connectivity index (χ3v) is 2.93. The van der Waals surface area contributed by atoms with E-state index in [1.165, 1.54) is 5.56 Å². The van der Waals surface area contributed by atoms with E-state index in [1.54, 1.807) is 7.11 Å². The van der Waals surface area contributed by atoms with E-state index in [4.69, 9.17) is 10.5 Å². The second-order valence-corrected chi connectivity index (χ2v) is 4.01. The van der Waals surface area contributed by atoms with Crippen LogP contribution in [0, 0.1) is 0 Å². The molecule has 0 radical (unpaired) electrons. The van der Waals surface area contributed by atoms with Gasteiger partial charge in [-0.05, 0) is 30.7 Å².